The Bertz CT molecular complexity index is 383. The van der Waals surface area contributed by atoms with Crippen LogP contribution >= 0.6 is 0 Å². The number of hydrogen-bond acceptors (Lipinski definition) is 4. The van der Waals surface area contributed by atoms with Crippen LogP contribution in [0.25, 0.3) is 0 Å². The molecule has 0 fully saturated rings. The van der Waals surface area contributed by atoms with Crippen LogP contribution in [0.5, 0.6) is 0 Å². The minimum atomic E-state index is -0.738. The van der Waals surface area contributed by atoms with Gasteiger partial charge in [0.15, 0.2) is 0 Å². The zero-order valence-corrected chi connectivity index (χ0v) is 15.5. The summed E-state index contributed by atoms with van der Waals surface area (Å²) < 4.78 is 6.04. The second-order valence-electron chi connectivity index (χ2n) is 7.58. The van der Waals surface area contributed by atoms with Gasteiger partial charge in [-0.2, -0.15) is 0 Å². The topological polar surface area (TPSA) is 63.6 Å². The molecule has 0 saturated carbocycles. The van der Waals surface area contributed by atoms with Crippen LogP contribution in [0, 0.1) is 11.3 Å². The third-order valence-corrected chi connectivity index (χ3v) is 4.72. The zero-order valence-electron chi connectivity index (χ0n) is 15.5. The second-order valence-corrected chi connectivity index (χ2v) is 7.58. The molecule has 0 rings (SSSR count). The first-order valence-corrected chi connectivity index (χ1v) is 8.27. The molecule has 0 aromatic heterocycles. The van der Waals surface area contributed by atoms with E-state index in [9.17, 15) is 14.7 Å². The molecule has 0 aliphatic rings. The smallest absolute Gasteiger partial charge is 0.143 e. The first kappa shape index (κ1) is 21.3. The Hall–Kier alpha value is -0.740. The third-order valence-electron chi connectivity index (χ3n) is 4.72. The molecule has 0 radical (unpaired) electrons. The van der Waals surface area contributed by atoms with Gasteiger partial charge in [-0.1, -0.05) is 34.6 Å². The van der Waals surface area contributed by atoms with Gasteiger partial charge in [0, 0.05) is 18.8 Å². The summed E-state index contributed by atoms with van der Waals surface area (Å²) in [6, 6.07) is 0. The normalized spacial score (nSPS) is 15.7. The van der Waals surface area contributed by atoms with E-state index in [-0.39, 0.29) is 30.0 Å². The summed E-state index contributed by atoms with van der Waals surface area (Å²) in [5, 5.41) is 9.71. The first-order chi connectivity index (χ1) is 9.85. The van der Waals surface area contributed by atoms with Gasteiger partial charge in [0.25, 0.3) is 0 Å². The molecule has 4 heteroatoms. The van der Waals surface area contributed by atoms with E-state index in [0.29, 0.717) is 12.8 Å². The fourth-order valence-corrected chi connectivity index (χ4v) is 2.16. The molecule has 2 atom stereocenters. The Morgan fingerprint density at radius 1 is 1.05 bits per heavy atom. The SMILES string of the molecule is CCC(O)CC(=O)C(C)(C)C(C)(C)OC(C)CC(=O)C(C)C. The molecule has 2 unspecified atom stereocenters. The van der Waals surface area contributed by atoms with Gasteiger partial charge in [0.2, 0.25) is 0 Å². The average molecular weight is 314 g/mol. The summed E-state index contributed by atoms with van der Waals surface area (Å²) in [5.74, 6) is 0.131. The lowest BCUT2D eigenvalue weighted by atomic mass is 9.72. The Balaban J connectivity index is 4.88. The molecule has 0 saturated heterocycles. The van der Waals surface area contributed by atoms with Crippen LogP contribution in [0.15, 0.2) is 0 Å². The molecular formula is C18H34O4. The number of rotatable bonds is 10. The Morgan fingerprint density at radius 3 is 1.95 bits per heavy atom. The quantitative estimate of drug-likeness (QED) is 0.670. The number of ketones is 2. The molecule has 1 N–H and O–H groups in total. The molecule has 0 bridgehead atoms. The van der Waals surface area contributed by atoms with Gasteiger partial charge in [0.05, 0.1) is 23.2 Å². The summed E-state index contributed by atoms with van der Waals surface area (Å²) in [5.41, 5.74) is -1.45. The highest BCUT2D eigenvalue weighted by Gasteiger charge is 2.45. The monoisotopic (exact) mass is 314 g/mol. The fraction of sp³-hybridized carbons (Fsp3) is 0.889. The Morgan fingerprint density at radius 2 is 1.55 bits per heavy atom. The van der Waals surface area contributed by atoms with Crippen LogP contribution in [0.3, 0.4) is 0 Å². The predicted molar refractivity (Wildman–Crippen MR) is 88.8 cm³/mol. The largest absolute Gasteiger partial charge is 0.393 e. The molecule has 0 aromatic rings. The molecule has 0 spiro atoms. The van der Waals surface area contributed by atoms with Crippen LogP contribution in [0.1, 0.15) is 74.7 Å². The van der Waals surface area contributed by atoms with E-state index in [2.05, 4.69) is 0 Å². The van der Waals surface area contributed by atoms with Gasteiger partial charge in [0.1, 0.15) is 11.6 Å². The highest BCUT2D eigenvalue weighted by atomic mass is 16.5. The van der Waals surface area contributed by atoms with Crippen molar-refractivity contribution >= 4 is 11.6 Å². The summed E-state index contributed by atoms with van der Waals surface area (Å²) in [6.45, 7) is 14.9. The van der Waals surface area contributed by atoms with Crippen molar-refractivity contribution in [2.24, 2.45) is 11.3 Å². The lowest BCUT2D eigenvalue weighted by Crippen LogP contribution is -2.49. The van der Waals surface area contributed by atoms with Gasteiger partial charge in [-0.3, -0.25) is 9.59 Å². The molecule has 0 amide bonds. The lowest BCUT2D eigenvalue weighted by molar-refractivity contribution is -0.162. The highest BCUT2D eigenvalue weighted by Crippen LogP contribution is 2.37. The van der Waals surface area contributed by atoms with Gasteiger partial charge in [-0.15, -0.1) is 0 Å². The standard InChI is InChI=1S/C18H34O4/c1-9-14(19)11-16(21)17(5,6)18(7,8)22-13(4)10-15(20)12(2)3/h12-14,19H,9-11H2,1-8H3. The Labute approximate surface area is 135 Å². The Kier molecular flexibility index (Phi) is 7.93. The number of Topliss-reactive ketones (excluding diaryl/α,β-unsaturated/α-hetero) is 2. The van der Waals surface area contributed by atoms with Crippen LogP contribution in [-0.2, 0) is 14.3 Å². The van der Waals surface area contributed by atoms with Crippen LogP contribution in [0.2, 0.25) is 0 Å². The molecule has 4 nitrogen and oxygen atoms in total. The summed E-state index contributed by atoms with van der Waals surface area (Å²) in [7, 11) is 0. The second kappa shape index (κ2) is 8.21. The van der Waals surface area contributed by atoms with Gasteiger partial charge < -0.3 is 9.84 Å². The van der Waals surface area contributed by atoms with Crippen molar-refractivity contribution in [3.8, 4) is 0 Å². The molecular weight excluding hydrogens is 280 g/mol. The molecule has 0 heterocycles. The van der Waals surface area contributed by atoms with E-state index < -0.39 is 17.1 Å². The zero-order chi connectivity index (χ0) is 17.7. The van der Waals surface area contributed by atoms with Gasteiger partial charge in [-0.05, 0) is 27.2 Å². The number of ether oxygens (including phenoxy) is 1. The molecule has 0 aliphatic carbocycles. The molecule has 0 aliphatic heterocycles. The lowest BCUT2D eigenvalue weighted by Gasteiger charge is -2.42. The number of carbonyl (C=O) groups is 2. The van der Waals surface area contributed by atoms with Crippen molar-refractivity contribution < 1.29 is 19.4 Å². The minimum absolute atomic E-state index is 0.0106. The van der Waals surface area contributed by atoms with Crippen molar-refractivity contribution in [2.45, 2.75) is 92.5 Å². The van der Waals surface area contributed by atoms with Crippen molar-refractivity contribution in [1.82, 2.24) is 0 Å². The van der Waals surface area contributed by atoms with E-state index in [4.69, 9.17) is 4.74 Å². The third kappa shape index (κ3) is 5.81. The first-order valence-electron chi connectivity index (χ1n) is 8.27. The van der Waals surface area contributed by atoms with Crippen molar-refractivity contribution in [2.75, 3.05) is 0 Å². The number of carbonyl (C=O) groups excluding carboxylic acids is 2. The summed E-state index contributed by atoms with van der Waals surface area (Å²) in [6.07, 6.45) is 0.191. The fourth-order valence-electron chi connectivity index (χ4n) is 2.16. The van der Waals surface area contributed by atoms with Crippen LogP contribution < -0.4 is 0 Å². The van der Waals surface area contributed by atoms with E-state index in [1.807, 2.05) is 55.4 Å². The minimum Gasteiger partial charge on any atom is -0.393 e. The van der Waals surface area contributed by atoms with Crippen LogP contribution in [0.4, 0.5) is 0 Å². The average Bonchev–Trinajstić information content (AvgIpc) is 2.36. The predicted octanol–water partition coefficient (Wildman–Crippen LogP) is 3.54. The van der Waals surface area contributed by atoms with E-state index in [1.54, 1.807) is 0 Å². The van der Waals surface area contributed by atoms with Crippen LogP contribution in [-0.4, -0.2) is 34.5 Å². The number of aliphatic hydroxyl groups excluding tert-OH is 1. The maximum absolute atomic E-state index is 12.5. The number of hydrogen-bond donors (Lipinski definition) is 1. The van der Waals surface area contributed by atoms with Crippen molar-refractivity contribution in [1.29, 1.82) is 0 Å². The molecule has 130 valence electrons. The van der Waals surface area contributed by atoms with E-state index >= 15 is 0 Å². The highest BCUT2D eigenvalue weighted by molar-refractivity contribution is 5.85. The molecule has 22 heavy (non-hydrogen) atoms. The van der Waals surface area contributed by atoms with E-state index in [1.165, 1.54) is 0 Å². The molecule has 0 aromatic carbocycles. The van der Waals surface area contributed by atoms with Crippen molar-refractivity contribution in [3.05, 3.63) is 0 Å². The van der Waals surface area contributed by atoms with Crippen molar-refractivity contribution in [3.63, 3.8) is 0 Å². The van der Waals surface area contributed by atoms with Gasteiger partial charge in [-0.25, -0.2) is 0 Å². The number of aliphatic hydroxyl groups is 1. The van der Waals surface area contributed by atoms with Gasteiger partial charge >= 0.3 is 0 Å². The maximum Gasteiger partial charge on any atom is 0.143 e. The van der Waals surface area contributed by atoms with E-state index in [0.717, 1.165) is 0 Å². The summed E-state index contributed by atoms with van der Waals surface area (Å²) >= 11 is 0. The maximum atomic E-state index is 12.5. The summed E-state index contributed by atoms with van der Waals surface area (Å²) in [4.78, 5) is 24.3.